The number of hydrogen-bond acceptors (Lipinski definition) is 4. The Kier molecular flexibility index (Phi) is 5.11. The molecule has 0 aliphatic carbocycles. The van der Waals surface area contributed by atoms with E-state index in [1.54, 1.807) is 19.1 Å². The monoisotopic (exact) mass is 362 g/mol. The van der Waals surface area contributed by atoms with Crippen LogP contribution in [-0.2, 0) is 0 Å². The van der Waals surface area contributed by atoms with E-state index in [4.69, 9.17) is 34.8 Å². The zero-order chi connectivity index (χ0) is 15.6. The van der Waals surface area contributed by atoms with E-state index in [0.29, 0.717) is 25.5 Å². The van der Waals surface area contributed by atoms with Crippen LogP contribution in [0.1, 0.15) is 22.2 Å². The van der Waals surface area contributed by atoms with Crippen LogP contribution >= 0.6 is 46.1 Å². The normalized spacial score (nSPS) is 11.5. The summed E-state index contributed by atoms with van der Waals surface area (Å²) in [6.07, 6.45) is 0. The molecular formula is C13H9Cl3N2O2S. The average Bonchev–Trinajstić information content (AvgIpc) is 2.86. The first kappa shape index (κ1) is 16.1. The Balaban J connectivity index is 2.20. The topological polar surface area (TPSA) is 61.7 Å². The zero-order valence-corrected chi connectivity index (χ0v) is 13.7. The van der Waals surface area contributed by atoms with Crippen molar-refractivity contribution in [2.45, 2.75) is 6.92 Å². The van der Waals surface area contributed by atoms with Crippen molar-refractivity contribution < 1.29 is 9.90 Å². The summed E-state index contributed by atoms with van der Waals surface area (Å²) in [6, 6.07) is 6.15. The van der Waals surface area contributed by atoms with Crippen LogP contribution in [0.15, 0.2) is 29.4 Å². The molecule has 0 saturated carbocycles. The fraction of sp³-hybridized carbons (Fsp3) is 0.0769. The first-order chi connectivity index (χ1) is 9.88. The molecule has 0 fully saturated rings. The van der Waals surface area contributed by atoms with Crippen molar-refractivity contribution in [3.63, 3.8) is 0 Å². The number of hydrazone groups is 1. The molecule has 2 N–H and O–H groups in total. The van der Waals surface area contributed by atoms with Gasteiger partial charge in [-0.25, -0.2) is 5.43 Å². The van der Waals surface area contributed by atoms with Crippen LogP contribution in [0.2, 0.25) is 14.4 Å². The Morgan fingerprint density at radius 3 is 2.62 bits per heavy atom. The molecule has 1 heterocycles. The van der Waals surface area contributed by atoms with Gasteiger partial charge in [0.25, 0.3) is 5.91 Å². The number of halogens is 3. The molecule has 0 bridgehead atoms. The molecule has 4 nitrogen and oxygen atoms in total. The van der Waals surface area contributed by atoms with Crippen molar-refractivity contribution >= 4 is 57.8 Å². The van der Waals surface area contributed by atoms with Gasteiger partial charge in [-0.3, -0.25) is 4.79 Å². The van der Waals surface area contributed by atoms with E-state index >= 15 is 0 Å². The standard InChI is InChI=1S/C13H9Cl3N2O2S/c1-6(8-4-7(14)5-9(15)12(8)19)17-18-13(20)10-2-3-11(16)21-10/h2-5,19H,1H3,(H,18,20)/b17-6+. The Hall–Kier alpha value is -1.27. The minimum absolute atomic E-state index is 0.114. The van der Waals surface area contributed by atoms with Crippen molar-refractivity contribution in [1.82, 2.24) is 5.43 Å². The first-order valence-electron chi connectivity index (χ1n) is 5.67. The quantitative estimate of drug-likeness (QED) is 0.620. The highest BCUT2D eigenvalue weighted by atomic mass is 35.5. The van der Waals surface area contributed by atoms with Gasteiger partial charge >= 0.3 is 0 Å². The smallest absolute Gasteiger partial charge is 0.281 e. The van der Waals surface area contributed by atoms with Crippen LogP contribution in [-0.4, -0.2) is 16.7 Å². The van der Waals surface area contributed by atoms with Gasteiger partial charge in [0.15, 0.2) is 0 Å². The molecule has 1 aromatic carbocycles. The lowest BCUT2D eigenvalue weighted by Crippen LogP contribution is -2.18. The molecule has 0 radical (unpaired) electrons. The molecule has 2 rings (SSSR count). The summed E-state index contributed by atoms with van der Waals surface area (Å²) in [5.74, 6) is -0.533. The molecule has 0 aliphatic rings. The fourth-order valence-corrected chi connectivity index (χ4v) is 2.95. The van der Waals surface area contributed by atoms with Crippen molar-refractivity contribution in [2.75, 3.05) is 0 Å². The Morgan fingerprint density at radius 2 is 2.00 bits per heavy atom. The van der Waals surface area contributed by atoms with E-state index in [0.717, 1.165) is 11.3 Å². The van der Waals surface area contributed by atoms with E-state index in [9.17, 15) is 9.90 Å². The summed E-state index contributed by atoms with van der Waals surface area (Å²) in [6.45, 7) is 1.61. The molecular weight excluding hydrogens is 355 g/mol. The van der Waals surface area contributed by atoms with Gasteiger partial charge in [-0.05, 0) is 31.2 Å². The molecule has 1 amide bonds. The van der Waals surface area contributed by atoms with Gasteiger partial charge in [-0.2, -0.15) is 5.10 Å². The third kappa shape index (κ3) is 3.89. The van der Waals surface area contributed by atoms with Gasteiger partial charge in [0.05, 0.1) is 19.9 Å². The third-order valence-electron chi connectivity index (χ3n) is 2.54. The predicted molar refractivity (Wildman–Crippen MR) is 87.1 cm³/mol. The number of hydrogen-bond donors (Lipinski definition) is 2. The lowest BCUT2D eigenvalue weighted by molar-refractivity contribution is 0.0959. The Morgan fingerprint density at radius 1 is 1.29 bits per heavy atom. The number of rotatable bonds is 3. The minimum atomic E-state index is -0.390. The van der Waals surface area contributed by atoms with Gasteiger partial charge < -0.3 is 5.11 Å². The number of carbonyl (C=O) groups excluding carboxylic acids is 1. The molecule has 0 atom stereocenters. The summed E-state index contributed by atoms with van der Waals surface area (Å²) in [7, 11) is 0. The Labute approximate surface area is 140 Å². The van der Waals surface area contributed by atoms with E-state index in [2.05, 4.69) is 10.5 Å². The highest BCUT2D eigenvalue weighted by Gasteiger charge is 2.12. The number of aromatic hydroxyl groups is 1. The molecule has 110 valence electrons. The van der Waals surface area contributed by atoms with Gasteiger partial charge in [0.2, 0.25) is 0 Å². The van der Waals surface area contributed by atoms with Crippen molar-refractivity contribution in [1.29, 1.82) is 0 Å². The highest BCUT2D eigenvalue weighted by molar-refractivity contribution is 7.17. The van der Waals surface area contributed by atoms with Crippen LogP contribution in [0.3, 0.4) is 0 Å². The minimum Gasteiger partial charge on any atom is -0.506 e. The molecule has 0 saturated heterocycles. The van der Waals surface area contributed by atoms with Crippen molar-refractivity contribution in [2.24, 2.45) is 5.10 Å². The maximum Gasteiger partial charge on any atom is 0.281 e. The molecule has 21 heavy (non-hydrogen) atoms. The maximum absolute atomic E-state index is 11.8. The summed E-state index contributed by atoms with van der Waals surface area (Å²) >= 11 is 18.6. The number of nitrogens with one attached hydrogen (secondary N) is 1. The number of phenols is 1. The van der Waals surface area contributed by atoms with E-state index in [1.165, 1.54) is 12.1 Å². The van der Waals surface area contributed by atoms with E-state index in [-0.39, 0.29) is 16.7 Å². The van der Waals surface area contributed by atoms with Crippen LogP contribution in [0, 0.1) is 0 Å². The van der Waals surface area contributed by atoms with E-state index in [1.807, 2.05) is 0 Å². The Bertz CT molecular complexity index is 728. The number of thiophene rings is 1. The summed E-state index contributed by atoms with van der Waals surface area (Å²) < 4.78 is 0.514. The molecule has 1 aromatic heterocycles. The molecule has 0 spiro atoms. The molecule has 0 aliphatic heterocycles. The van der Waals surface area contributed by atoms with Gasteiger partial charge in [-0.15, -0.1) is 11.3 Å². The van der Waals surface area contributed by atoms with Crippen LogP contribution in [0.4, 0.5) is 0 Å². The van der Waals surface area contributed by atoms with Crippen LogP contribution in [0.25, 0.3) is 0 Å². The molecule has 8 heteroatoms. The van der Waals surface area contributed by atoms with E-state index < -0.39 is 0 Å². The van der Waals surface area contributed by atoms with Crippen LogP contribution in [0.5, 0.6) is 5.75 Å². The lowest BCUT2D eigenvalue weighted by Gasteiger charge is -2.07. The predicted octanol–water partition coefficient (Wildman–Crippen LogP) is 4.57. The maximum atomic E-state index is 11.8. The largest absolute Gasteiger partial charge is 0.506 e. The molecule has 0 unspecified atom stereocenters. The SMILES string of the molecule is C/C(=N\NC(=O)c1ccc(Cl)s1)c1cc(Cl)cc(Cl)c1O. The first-order valence-corrected chi connectivity index (χ1v) is 7.62. The van der Waals surface area contributed by atoms with Gasteiger partial charge in [-0.1, -0.05) is 34.8 Å². The second-order valence-electron chi connectivity index (χ2n) is 4.03. The lowest BCUT2D eigenvalue weighted by atomic mass is 10.1. The fourth-order valence-electron chi connectivity index (χ4n) is 1.53. The summed E-state index contributed by atoms with van der Waals surface area (Å²) in [4.78, 5) is 12.3. The van der Waals surface area contributed by atoms with Crippen molar-refractivity contribution in [3.8, 4) is 5.75 Å². The van der Waals surface area contributed by atoms with Crippen molar-refractivity contribution in [3.05, 3.63) is 49.1 Å². The van der Waals surface area contributed by atoms with Crippen LogP contribution < -0.4 is 5.43 Å². The second-order valence-corrected chi connectivity index (χ2v) is 6.58. The summed E-state index contributed by atoms with van der Waals surface area (Å²) in [5, 5.41) is 14.3. The number of amides is 1. The van der Waals surface area contributed by atoms with Gasteiger partial charge in [0, 0.05) is 10.6 Å². The number of phenolic OH excluding ortho intramolecular Hbond substituents is 1. The number of carbonyl (C=O) groups is 1. The zero-order valence-electron chi connectivity index (χ0n) is 10.7. The molecule has 2 aromatic rings. The highest BCUT2D eigenvalue weighted by Crippen LogP contribution is 2.31. The second kappa shape index (κ2) is 6.66. The third-order valence-corrected chi connectivity index (χ3v) is 4.28. The average molecular weight is 364 g/mol. The number of benzene rings is 1. The van der Waals surface area contributed by atoms with Gasteiger partial charge in [0.1, 0.15) is 5.75 Å². The summed E-state index contributed by atoms with van der Waals surface area (Å²) in [5.41, 5.74) is 3.09. The number of nitrogens with zero attached hydrogens (tertiary/aromatic N) is 1.